The van der Waals surface area contributed by atoms with Crippen LogP contribution in [0.3, 0.4) is 0 Å². The van der Waals surface area contributed by atoms with Crippen LogP contribution in [0.25, 0.3) is 5.69 Å². The lowest BCUT2D eigenvalue weighted by Crippen LogP contribution is -2.54. The summed E-state index contributed by atoms with van der Waals surface area (Å²) in [5.41, 5.74) is 1.18. The molecule has 0 unspecified atom stereocenters. The second-order valence-electron chi connectivity index (χ2n) is 7.06. The van der Waals surface area contributed by atoms with E-state index in [1.54, 1.807) is 18.7 Å². The van der Waals surface area contributed by atoms with E-state index in [0.29, 0.717) is 17.9 Å². The molecule has 1 N–H and O–H groups in total. The van der Waals surface area contributed by atoms with Crippen LogP contribution in [0.2, 0.25) is 0 Å². The summed E-state index contributed by atoms with van der Waals surface area (Å²) in [6, 6.07) is 12.2. The standard InChI is InChI=1S/C21H22N4O4S/c1-14-19(21(28)25(23(14)2)15-7-4-3-5-8-15)22-20(27)17-12-29-13-18(26)24(17)11-16-9-6-10-30-16/h3-10,17H,11-13H2,1-2H3,(H,22,27)/t17-/m1/s1. The van der Waals surface area contributed by atoms with Crippen molar-refractivity contribution in [2.75, 3.05) is 18.5 Å². The summed E-state index contributed by atoms with van der Waals surface area (Å²) < 4.78 is 8.51. The monoisotopic (exact) mass is 426 g/mol. The fraction of sp³-hybridized carbons (Fsp3) is 0.286. The Morgan fingerprint density at radius 1 is 1.20 bits per heavy atom. The van der Waals surface area contributed by atoms with Gasteiger partial charge >= 0.3 is 0 Å². The number of para-hydroxylation sites is 1. The Kier molecular flexibility index (Phi) is 5.56. The van der Waals surface area contributed by atoms with Gasteiger partial charge in [0, 0.05) is 11.9 Å². The van der Waals surface area contributed by atoms with E-state index < -0.39 is 11.9 Å². The normalized spacial score (nSPS) is 16.7. The SMILES string of the molecule is Cc1c(NC(=O)[C@H]2COCC(=O)N2Cc2cccs2)c(=O)n(-c2ccccc2)n1C. The zero-order valence-electron chi connectivity index (χ0n) is 16.7. The van der Waals surface area contributed by atoms with E-state index in [9.17, 15) is 14.4 Å². The van der Waals surface area contributed by atoms with Crippen molar-refractivity contribution in [3.05, 3.63) is 68.8 Å². The van der Waals surface area contributed by atoms with E-state index in [0.717, 1.165) is 4.88 Å². The molecule has 0 bridgehead atoms. The molecule has 9 heteroatoms. The molecule has 0 spiro atoms. The van der Waals surface area contributed by atoms with Crippen molar-refractivity contribution >= 4 is 28.8 Å². The highest BCUT2D eigenvalue weighted by Crippen LogP contribution is 2.19. The van der Waals surface area contributed by atoms with Gasteiger partial charge in [-0.3, -0.25) is 19.1 Å². The molecule has 1 fully saturated rings. The number of thiophene rings is 1. The number of amides is 2. The number of anilines is 1. The first-order chi connectivity index (χ1) is 14.5. The molecule has 0 saturated carbocycles. The minimum absolute atomic E-state index is 0.0552. The van der Waals surface area contributed by atoms with Gasteiger partial charge in [0.1, 0.15) is 18.3 Å². The second-order valence-corrected chi connectivity index (χ2v) is 8.09. The van der Waals surface area contributed by atoms with Gasteiger partial charge in [-0.15, -0.1) is 11.3 Å². The third kappa shape index (κ3) is 3.69. The zero-order chi connectivity index (χ0) is 21.3. The molecule has 0 radical (unpaired) electrons. The minimum Gasteiger partial charge on any atom is -0.369 e. The topological polar surface area (TPSA) is 85.6 Å². The number of nitrogens with one attached hydrogen (secondary N) is 1. The molecule has 1 aliphatic rings. The van der Waals surface area contributed by atoms with E-state index in [1.807, 2.05) is 47.8 Å². The smallest absolute Gasteiger partial charge is 0.295 e. The molecule has 8 nitrogen and oxygen atoms in total. The van der Waals surface area contributed by atoms with Crippen molar-refractivity contribution in [1.29, 1.82) is 0 Å². The molecule has 4 rings (SSSR count). The third-order valence-electron chi connectivity index (χ3n) is 5.21. The first-order valence-electron chi connectivity index (χ1n) is 9.52. The maximum absolute atomic E-state index is 13.1. The number of carbonyl (C=O) groups excluding carboxylic acids is 2. The number of hydrogen-bond acceptors (Lipinski definition) is 5. The lowest BCUT2D eigenvalue weighted by Gasteiger charge is -2.34. The average Bonchev–Trinajstić information content (AvgIpc) is 3.33. The summed E-state index contributed by atoms with van der Waals surface area (Å²) in [6.07, 6.45) is 0. The first kappa shape index (κ1) is 20.1. The maximum Gasteiger partial charge on any atom is 0.295 e. The molecule has 3 aromatic rings. The Morgan fingerprint density at radius 2 is 1.97 bits per heavy atom. The molecule has 2 aromatic heterocycles. The van der Waals surface area contributed by atoms with Gasteiger partial charge in [0.25, 0.3) is 5.56 Å². The highest BCUT2D eigenvalue weighted by molar-refractivity contribution is 7.09. The van der Waals surface area contributed by atoms with Crippen LogP contribution >= 0.6 is 11.3 Å². The lowest BCUT2D eigenvalue weighted by molar-refractivity contribution is -0.153. The van der Waals surface area contributed by atoms with Crippen LogP contribution in [0, 0.1) is 6.92 Å². The quantitative estimate of drug-likeness (QED) is 0.675. The summed E-state index contributed by atoms with van der Waals surface area (Å²) in [5, 5.41) is 4.67. The van der Waals surface area contributed by atoms with Crippen molar-refractivity contribution < 1.29 is 14.3 Å². The summed E-state index contributed by atoms with van der Waals surface area (Å²) in [6.45, 7) is 2.13. The molecular formula is C21H22N4O4S. The van der Waals surface area contributed by atoms with Gasteiger partial charge in [-0.1, -0.05) is 24.3 Å². The van der Waals surface area contributed by atoms with Crippen molar-refractivity contribution in [3.63, 3.8) is 0 Å². The molecular weight excluding hydrogens is 404 g/mol. The fourth-order valence-corrected chi connectivity index (χ4v) is 4.21. The highest BCUT2D eigenvalue weighted by atomic mass is 32.1. The van der Waals surface area contributed by atoms with Crippen LogP contribution in [-0.4, -0.2) is 45.3 Å². The fourth-order valence-electron chi connectivity index (χ4n) is 3.51. The van der Waals surface area contributed by atoms with Crippen LogP contribution in [-0.2, 0) is 27.9 Å². The van der Waals surface area contributed by atoms with Crippen LogP contribution in [0.5, 0.6) is 0 Å². The first-order valence-corrected chi connectivity index (χ1v) is 10.4. The van der Waals surface area contributed by atoms with E-state index in [-0.39, 0.29) is 30.4 Å². The predicted octanol–water partition coefficient (Wildman–Crippen LogP) is 1.91. The van der Waals surface area contributed by atoms with E-state index in [4.69, 9.17) is 4.74 Å². The number of hydrogen-bond donors (Lipinski definition) is 1. The number of aromatic nitrogens is 2. The number of rotatable bonds is 5. The van der Waals surface area contributed by atoms with Gasteiger partial charge < -0.3 is 15.0 Å². The number of ether oxygens (including phenoxy) is 1. The highest BCUT2D eigenvalue weighted by Gasteiger charge is 2.35. The Balaban J connectivity index is 1.61. The molecule has 1 aromatic carbocycles. The zero-order valence-corrected chi connectivity index (χ0v) is 17.5. The lowest BCUT2D eigenvalue weighted by atomic mass is 10.2. The maximum atomic E-state index is 13.1. The summed E-state index contributed by atoms with van der Waals surface area (Å²) in [7, 11) is 1.76. The average molecular weight is 426 g/mol. The molecule has 30 heavy (non-hydrogen) atoms. The Morgan fingerprint density at radius 3 is 2.67 bits per heavy atom. The van der Waals surface area contributed by atoms with Crippen LogP contribution in [0.4, 0.5) is 5.69 Å². The molecule has 3 heterocycles. The molecule has 2 amide bonds. The molecule has 0 aliphatic carbocycles. The van der Waals surface area contributed by atoms with Gasteiger partial charge in [-0.05, 0) is 30.5 Å². The summed E-state index contributed by atoms with van der Waals surface area (Å²) >= 11 is 1.52. The van der Waals surface area contributed by atoms with Gasteiger partial charge in [0.15, 0.2) is 0 Å². The number of nitrogens with zero attached hydrogens (tertiary/aromatic N) is 3. The van der Waals surface area contributed by atoms with Crippen LogP contribution in [0.15, 0.2) is 52.6 Å². The largest absolute Gasteiger partial charge is 0.369 e. The van der Waals surface area contributed by atoms with Crippen LogP contribution < -0.4 is 10.9 Å². The van der Waals surface area contributed by atoms with Gasteiger partial charge in [-0.2, -0.15) is 0 Å². The third-order valence-corrected chi connectivity index (χ3v) is 6.07. The Bertz CT molecular complexity index is 1120. The number of benzene rings is 1. The van der Waals surface area contributed by atoms with Crippen molar-refractivity contribution in [2.24, 2.45) is 7.05 Å². The van der Waals surface area contributed by atoms with Gasteiger partial charge in [-0.25, -0.2) is 4.68 Å². The summed E-state index contributed by atoms with van der Waals surface area (Å²) in [4.78, 5) is 41.0. The second kappa shape index (κ2) is 8.29. The van der Waals surface area contributed by atoms with E-state index in [1.165, 1.54) is 20.9 Å². The molecule has 1 atom stereocenters. The molecule has 1 saturated heterocycles. The Labute approximate surface area is 177 Å². The van der Waals surface area contributed by atoms with Crippen molar-refractivity contribution in [1.82, 2.24) is 14.3 Å². The van der Waals surface area contributed by atoms with Crippen LogP contribution in [0.1, 0.15) is 10.6 Å². The van der Waals surface area contributed by atoms with Crippen molar-refractivity contribution in [3.8, 4) is 5.69 Å². The van der Waals surface area contributed by atoms with E-state index in [2.05, 4.69) is 5.32 Å². The van der Waals surface area contributed by atoms with Gasteiger partial charge in [0.05, 0.1) is 24.5 Å². The summed E-state index contributed by atoms with van der Waals surface area (Å²) in [5.74, 6) is -0.688. The molecule has 156 valence electrons. The van der Waals surface area contributed by atoms with E-state index >= 15 is 0 Å². The minimum atomic E-state index is -0.808. The number of morpholine rings is 1. The Hall–Kier alpha value is -3.17. The predicted molar refractivity (Wildman–Crippen MR) is 114 cm³/mol. The van der Waals surface area contributed by atoms with Gasteiger partial charge in [0.2, 0.25) is 11.8 Å². The van der Waals surface area contributed by atoms with Crippen molar-refractivity contribution in [2.45, 2.75) is 19.5 Å². The molecule has 1 aliphatic heterocycles. The number of carbonyl (C=O) groups is 2.